The van der Waals surface area contributed by atoms with Crippen LogP contribution in [0.25, 0.3) is 0 Å². The third-order valence-corrected chi connectivity index (χ3v) is 4.83. The summed E-state index contributed by atoms with van der Waals surface area (Å²) in [5.74, 6) is 0. The number of aromatic nitrogens is 2. The van der Waals surface area contributed by atoms with Gasteiger partial charge in [-0.05, 0) is 36.5 Å². The zero-order chi connectivity index (χ0) is 13.2. The fraction of sp³-hybridized carbons (Fsp3) is 0.385. The molecule has 19 heavy (non-hydrogen) atoms. The van der Waals surface area contributed by atoms with E-state index in [2.05, 4.69) is 44.4 Å². The molecule has 2 aromatic rings. The topological polar surface area (TPSA) is 44.9 Å². The van der Waals surface area contributed by atoms with Gasteiger partial charge in [-0.15, -0.1) is 0 Å². The van der Waals surface area contributed by atoms with E-state index < -0.39 is 0 Å². The van der Waals surface area contributed by atoms with Gasteiger partial charge in [0.15, 0.2) is 5.15 Å². The summed E-state index contributed by atoms with van der Waals surface area (Å²) in [5.41, 5.74) is 0.520. The second kappa shape index (κ2) is 5.24. The van der Waals surface area contributed by atoms with E-state index >= 15 is 0 Å². The smallest absolute Gasteiger partial charge is 0.162 e. The molecule has 98 valence electrons. The molecule has 0 aromatic carbocycles. The van der Waals surface area contributed by atoms with Crippen molar-refractivity contribution in [2.45, 2.75) is 18.9 Å². The van der Waals surface area contributed by atoms with Crippen molar-refractivity contribution in [1.29, 1.82) is 5.26 Å². The molecule has 1 aliphatic rings. The van der Waals surface area contributed by atoms with Gasteiger partial charge >= 0.3 is 0 Å². The van der Waals surface area contributed by atoms with E-state index in [1.807, 2.05) is 0 Å². The molecule has 0 saturated carbocycles. The van der Waals surface area contributed by atoms with Crippen LogP contribution in [0, 0.1) is 11.3 Å². The van der Waals surface area contributed by atoms with Crippen molar-refractivity contribution >= 4 is 28.1 Å². The average Bonchev–Trinajstić information content (AvgIpc) is 3.08. The fourth-order valence-corrected chi connectivity index (χ4v) is 3.61. The first-order chi connectivity index (χ1) is 9.29. The molecule has 1 fully saturated rings. The zero-order valence-corrected chi connectivity index (χ0v) is 11.9. The largest absolute Gasteiger partial charge is 0.361 e. The molecule has 0 unspecified atom stereocenters. The van der Waals surface area contributed by atoms with Crippen LogP contribution in [0.1, 0.15) is 24.4 Å². The summed E-state index contributed by atoms with van der Waals surface area (Å²) in [4.78, 5) is 2.22. The first-order valence-corrected chi connectivity index (χ1v) is 7.37. The minimum absolute atomic E-state index is 0.329. The van der Waals surface area contributed by atoms with Crippen molar-refractivity contribution in [3.05, 3.63) is 35.2 Å². The number of nitrogens with zero attached hydrogens (tertiary/aromatic N) is 4. The van der Waals surface area contributed by atoms with Crippen LogP contribution in [0.3, 0.4) is 0 Å². The summed E-state index contributed by atoms with van der Waals surface area (Å²) in [6, 6.07) is 6.82. The minimum atomic E-state index is 0.329. The van der Waals surface area contributed by atoms with Gasteiger partial charge in [-0.2, -0.15) is 9.64 Å². The van der Waals surface area contributed by atoms with E-state index in [9.17, 15) is 0 Å². The molecule has 0 aliphatic carbocycles. The summed E-state index contributed by atoms with van der Waals surface area (Å²) in [5, 5.41) is 10.4. The van der Waals surface area contributed by atoms with Crippen molar-refractivity contribution in [3.63, 3.8) is 0 Å². The van der Waals surface area contributed by atoms with E-state index in [-0.39, 0.29) is 0 Å². The average molecular weight is 293 g/mol. The van der Waals surface area contributed by atoms with Gasteiger partial charge in [-0.25, -0.2) is 0 Å². The van der Waals surface area contributed by atoms with Crippen LogP contribution in [-0.4, -0.2) is 22.0 Å². The lowest BCUT2D eigenvalue weighted by atomic mass is 10.0. The highest BCUT2D eigenvalue weighted by Gasteiger charge is 2.24. The Morgan fingerprint density at radius 3 is 2.63 bits per heavy atom. The van der Waals surface area contributed by atoms with Crippen LogP contribution < -0.4 is 4.90 Å². The Hall–Kier alpha value is -1.51. The Morgan fingerprint density at radius 1 is 1.32 bits per heavy atom. The monoisotopic (exact) mass is 292 g/mol. The van der Waals surface area contributed by atoms with Crippen molar-refractivity contribution < 1.29 is 0 Å². The predicted octanol–water partition coefficient (Wildman–Crippen LogP) is 3.31. The van der Waals surface area contributed by atoms with Crippen molar-refractivity contribution in [3.8, 4) is 6.07 Å². The summed E-state index contributed by atoms with van der Waals surface area (Å²) >= 11 is 7.24. The maximum absolute atomic E-state index is 9.12. The SMILES string of the molecule is N#Cc1c(Cl)nsc1N1CCC(n2cccc2)CC1. The molecule has 0 amide bonds. The van der Waals surface area contributed by atoms with Crippen LogP contribution in [-0.2, 0) is 0 Å². The molecule has 2 aromatic heterocycles. The van der Waals surface area contributed by atoms with E-state index in [4.69, 9.17) is 16.9 Å². The molecule has 4 nitrogen and oxygen atoms in total. The van der Waals surface area contributed by atoms with Crippen LogP contribution in [0.5, 0.6) is 0 Å². The maximum Gasteiger partial charge on any atom is 0.162 e. The first kappa shape index (κ1) is 12.5. The molecular weight excluding hydrogens is 280 g/mol. The van der Waals surface area contributed by atoms with Crippen LogP contribution >= 0.6 is 23.1 Å². The summed E-state index contributed by atoms with van der Waals surface area (Å²) in [7, 11) is 0. The standard InChI is InChI=1S/C13H13ClN4S/c14-12-11(9-15)13(19-16-12)18-7-3-10(4-8-18)17-5-1-2-6-17/h1-2,5-6,10H,3-4,7-8H2. The lowest BCUT2D eigenvalue weighted by Gasteiger charge is -2.33. The third kappa shape index (κ3) is 2.34. The Kier molecular flexibility index (Phi) is 3.45. The van der Waals surface area contributed by atoms with Gasteiger partial charge < -0.3 is 9.47 Å². The number of rotatable bonds is 2. The Morgan fingerprint density at radius 2 is 2.00 bits per heavy atom. The molecule has 1 aliphatic heterocycles. The van der Waals surface area contributed by atoms with Gasteiger partial charge in [-0.1, -0.05) is 11.6 Å². The lowest BCUT2D eigenvalue weighted by Crippen LogP contribution is -2.34. The van der Waals surface area contributed by atoms with Crippen molar-refractivity contribution in [2.24, 2.45) is 0 Å². The van der Waals surface area contributed by atoms with E-state index in [1.54, 1.807) is 0 Å². The number of anilines is 1. The summed E-state index contributed by atoms with van der Waals surface area (Å²) in [6.45, 7) is 1.88. The second-order valence-corrected chi connectivity index (χ2v) is 5.72. The molecule has 0 bridgehead atoms. The van der Waals surface area contributed by atoms with Gasteiger partial charge in [0, 0.05) is 31.5 Å². The zero-order valence-electron chi connectivity index (χ0n) is 10.3. The van der Waals surface area contributed by atoms with Gasteiger partial charge in [0.05, 0.1) is 0 Å². The highest BCUT2D eigenvalue weighted by Crippen LogP contribution is 2.34. The normalized spacial score (nSPS) is 16.5. The highest BCUT2D eigenvalue weighted by atomic mass is 35.5. The van der Waals surface area contributed by atoms with Crippen LogP contribution in [0.4, 0.5) is 5.00 Å². The van der Waals surface area contributed by atoms with Crippen molar-refractivity contribution in [1.82, 2.24) is 8.94 Å². The number of hydrogen-bond donors (Lipinski definition) is 0. The van der Waals surface area contributed by atoms with Gasteiger partial charge in [0.2, 0.25) is 0 Å². The Bertz CT molecular complexity index is 591. The second-order valence-electron chi connectivity index (χ2n) is 4.61. The van der Waals surface area contributed by atoms with Gasteiger partial charge in [0.25, 0.3) is 0 Å². The summed E-state index contributed by atoms with van der Waals surface area (Å²) in [6.07, 6.45) is 6.39. The van der Waals surface area contributed by atoms with Crippen LogP contribution in [0.2, 0.25) is 5.15 Å². The summed E-state index contributed by atoms with van der Waals surface area (Å²) < 4.78 is 6.34. The van der Waals surface area contributed by atoms with E-state index in [1.165, 1.54) is 11.5 Å². The number of piperidine rings is 1. The molecule has 3 heterocycles. The van der Waals surface area contributed by atoms with Gasteiger partial charge in [-0.3, -0.25) is 0 Å². The maximum atomic E-state index is 9.12. The molecule has 0 spiro atoms. The number of halogens is 1. The molecule has 1 saturated heterocycles. The molecule has 0 radical (unpaired) electrons. The molecule has 0 N–H and O–H groups in total. The molecule has 0 atom stereocenters. The van der Waals surface area contributed by atoms with E-state index in [0.717, 1.165) is 30.9 Å². The molecule has 3 rings (SSSR count). The third-order valence-electron chi connectivity index (χ3n) is 3.55. The fourth-order valence-electron chi connectivity index (χ4n) is 2.53. The number of hydrogen-bond acceptors (Lipinski definition) is 4. The van der Waals surface area contributed by atoms with E-state index in [0.29, 0.717) is 16.8 Å². The number of nitriles is 1. The lowest BCUT2D eigenvalue weighted by molar-refractivity contribution is 0.398. The highest BCUT2D eigenvalue weighted by molar-refractivity contribution is 7.10. The molecule has 6 heteroatoms. The van der Waals surface area contributed by atoms with Gasteiger partial charge in [0.1, 0.15) is 16.6 Å². The molecular formula is C13H13ClN4S. The predicted molar refractivity (Wildman–Crippen MR) is 76.8 cm³/mol. The first-order valence-electron chi connectivity index (χ1n) is 6.22. The Balaban J connectivity index is 1.72. The van der Waals surface area contributed by atoms with Crippen LogP contribution in [0.15, 0.2) is 24.5 Å². The quantitative estimate of drug-likeness (QED) is 0.853. The van der Waals surface area contributed by atoms with Crippen molar-refractivity contribution in [2.75, 3.05) is 18.0 Å². The Labute approximate surface area is 121 Å². The minimum Gasteiger partial charge on any atom is -0.361 e.